The molecule has 2 aromatic carbocycles. The quantitative estimate of drug-likeness (QED) is 0.863. The molecule has 0 bridgehead atoms. The number of rotatable bonds is 4. The molecule has 0 aromatic heterocycles. The van der Waals surface area contributed by atoms with Crippen LogP contribution in [0.25, 0.3) is 6.08 Å². The molecule has 1 heterocycles. The molecule has 5 heteroatoms. The maximum absolute atomic E-state index is 12.8. The molecule has 0 unspecified atom stereocenters. The Morgan fingerprint density at radius 1 is 1.19 bits per heavy atom. The summed E-state index contributed by atoms with van der Waals surface area (Å²) >= 11 is 0. The van der Waals surface area contributed by atoms with Gasteiger partial charge in [-0.3, -0.25) is 9.59 Å². The van der Waals surface area contributed by atoms with Crippen LogP contribution < -0.4 is 15.0 Å². The average molecular weight is 350 g/mol. The minimum atomic E-state index is -0.726. The van der Waals surface area contributed by atoms with Gasteiger partial charge < -0.3 is 15.0 Å². The van der Waals surface area contributed by atoms with Crippen molar-refractivity contribution in [3.05, 3.63) is 65.7 Å². The van der Waals surface area contributed by atoms with E-state index in [2.05, 4.69) is 24.4 Å². The fraction of sp³-hybridized carbons (Fsp3) is 0.238. The first kappa shape index (κ1) is 17.7. The third-order valence-corrected chi connectivity index (χ3v) is 4.38. The molecule has 0 aliphatic carbocycles. The smallest absolute Gasteiger partial charge is 0.262 e. The van der Waals surface area contributed by atoms with Gasteiger partial charge in [0.05, 0.1) is 12.2 Å². The predicted molar refractivity (Wildman–Crippen MR) is 102 cm³/mol. The topological polar surface area (TPSA) is 58.6 Å². The van der Waals surface area contributed by atoms with Crippen LogP contribution in [-0.4, -0.2) is 31.5 Å². The Hall–Kier alpha value is -3.08. The zero-order valence-corrected chi connectivity index (χ0v) is 14.9. The number of aryl methyl sites for hydroxylation is 1. The SMILES string of the molecule is CCc1ccc(/C=C/C(=O)N2C[C@@H](C(=O)NC)Oc3ccccc32)cc1. The number of benzene rings is 2. The lowest BCUT2D eigenvalue weighted by Crippen LogP contribution is -2.49. The van der Waals surface area contributed by atoms with Gasteiger partial charge in [0.1, 0.15) is 5.75 Å². The summed E-state index contributed by atoms with van der Waals surface area (Å²) in [4.78, 5) is 26.3. The number of carbonyl (C=O) groups is 2. The van der Waals surface area contributed by atoms with Crippen LogP contribution in [0.4, 0.5) is 5.69 Å². The molecule has 2 aromatic rings. The van der Waals surface area contributed by atoms with Crippen LogP contribution in [-0.2, 0) is 16.0 Å². The van der Waals surface area contributed by atoms with Crippen LogP contribution in [0.15, 0.2) is 54.6 Å². The van der Waals surface area contributed by atoms with E-state index in [1.165, 1.54) is 11.6 Å². The number of amides is 2. The number of nitrogens with one attached hydrogen (secondary N) is 1. The standard InChI is InChI=1S/C21H22N2O3/c1-3-15-8-10-16(11-9-15)12-13-20(24)23-14-19(21(25)22-2)26-18-7-5-4-6-17(18)23/h4-13,19H,3,14H2,1-2H3,(H,22,25)/b13-12+/t19-/m0/s1. The average Bonchev–Trinajstić information content (AvgIpc) is 2.70. The Bertz CT molecular complexity index is 827. The second-order valence-corrected chi connectivity index (χ2v) is 6.07. The zero-order valence-electron chi connectivity index (χ0n) is 14.9. The molecule has 0 saturated carbocycles. The number of hydrogen-bond acceptors (Lipinski definition) is 3. The first-order valence-electron chi connectivity index (χ1n) is 8.68. The highest BCUT2D eigenvalue weighted by Gasteiger charge is 2.32. The Morgan fingerprint density at radius 3 is 2.62 bits per heavy atom. The van der Waals surface area contributed by atoms with Gasteiger partial charge in [-0.05, 0) is 35.8 Å². The Morgan fingerprint density at radius 2 is 1.92 bits per heavy atom. The molecule has 3 rings (SSSR count). The van der Waals surface area contributed by atoms with Crippen LogP contribution in [0.5, 0.6) is 5.75 Å². The summed E-state index contributed by atoms with van der Waals surface area (Å²) in [7, 11) is 1.55. The number of anilines is 1. The summed E-state index contributed by atoms with van der Waals surface area (Å²) in [6, 6.07) is 15.3. The largest absolute Gasteiger partial charge is 0.477 e. The Balaban J connectivity index is 1.82. The van der Waals surface area contributed by atoms with E-state index in [9.17, 15) is 9.59 Å². The van der Waals surface area contributed by atoms with E-state index in [0.717, 1.165) is 12.0 Å². The number of hydrogen-bond donors (Lipinski definition) is 1. The van der Waals surface area contributed by atoms with Crippen molar-refractivity contribution in [2.75, 3.05) is 18.5 Å². The van der Waals surface area contributed by atoms with Crippen LogP contribution in [0, 0.1) is 0 Å². The Labute approximate surface area is 153 Å². The third kappa shape index (κ3) is 3.77. The third-order valence-electron chi connectivity index (χ3n) is 4.38. The number of carbonyl (C=O) groups excluding carboxylic acids is 2. The lowest BCUT2D eigenvalue weighted by Gasteiger charge is -2.33. The minimum Gasteiger partial charge on any atom is -0.477 e. The van der Waals surface area contributed by atoms with Crippen molar-refractivity contribution >= 4 is 23.6 Å². The van der Waals surface area contributed by atoms with Crippen LogP contribution in [0.2, 0.25) is 0 Å². The lowest BCUT2D eigenvalue weighted by molar-refractivity contribution is -0.127. The van der Waals surface area contributed by atoms with Crippen LogP contribution in [0.1, 0.15) is 18.1 Å². The van der Waals surface area contributed by atoms with Crippen molar-refractivity contribution in [1.29, 1.82) is 0 Å². The molecule has 0 fully saturated rings. The normalized spacial score (nSPS) is 16.1. The summed E-state index contributed by atoms with van der Waals surface area (Å²) in [5.41, 5.74) is 2.88. The molecule has 26 heavy (non-hydrogen) atoms. The van der Waals surface area contributed by atoms with Crippen molar-refractivity contribution in [3.63, 3.8) is 0 Å². The second-order valence-electron chi connectivity index (χ2n) is 6.07. The first-order chi connectivity index (χ1) is 12.6. The molecule has 0 radical (unpaired) electrons. The summed E-state index contributed by atoms with van der Waals surface area (Å²) in [5, 5.41) is 2.57. The molecule has 5 nitrogen and oxygen atoms in total. The van der Waals surface area contributed by atoms with Gasteiger partial charge in [0, 0.05) is 13.1 Å². The molecule has 2 amide bonds. The second kappa shape index (κ2) is 7.87. The van der Waals surface area contributed by atoms with Gasteiger partial charge in [-0.1, -0.05) is 43.3 Å². The van der Waals surface area contributed by atoms with Crippen molar-refractivity contribution in [3.8, 4) is 5.75 Å². The van der Waals surface area contributed by atoms with Gasteiger partial charge >= 0.3 is 0 Å². The Kier molecular flexibility index (Phi) is 5.37. The lowest BCUT2D eigenvalue weighted by atomic mass is 10.1. The maximum atomic E-state index is 12.8. The highest BCUT2D eigenvalue weighted by atomic mass is 16.5. The number of likely N-dealkylation sites (N-methyl/N-ethyl adjacent to an activating group) is 1. The van der Waals surface area contributed by atoms with E-state index in [4.69, 9.17) is 4.74 Å². The molecule has 1 atom stereocenters. The van der Waals surface area contributed by atoms with E-state index in [-0.39, 0.29) is 18.4 Å². The number of para-hydroxylation sites is 2. The van der Waals surface area contributed by atoms with Gasteiger partial charge in [0.15, 0.2) is 6.10 Å². The molecule has 0 saturated heterocycles. The summed E-state index contributed by atoms with van der Waals surface area (Å²) in [6.45, 7) is 2.28. The molecule has 1 aliphatic rings. The number of nitrogens with zero attached hydrogens (tertiary/aromatic N) is 1. The van der Waals surface area contributed by atoms with E-state index in [0.29, 0.717) is 11.4 Å². The van der Waals surface area contributed by atoms with Crippen LogP contribution in [0.3, 0.4) is 0 Å². The van der Waals surface area contributed by atoms with Gasteiger partial charge in [-0.2, -0.15) is 0 Å². The van der Waals surface area contributed by atoms with Crippen molar-refractivity contribution in [1.82, 2.24) is 5.32 Å². The number of fused-ring (bicyclic) bond motifs is 1. The first-order valence-corrected chi connectivity index (χ1v) is 8.68. The van der Waals surface area contributed by atoms with Crippen molar-refractivity contribution in [2.24, 2.45) is 0 Å². The van der Waals surface area contributed by atoms with E-state index >= 15 is 0 Å². The zero-order chi connectivity index (χ0) is 18.5. The van der Waals surface area contributed by atoms with E-state index < -0.39 is 6.10 Å². The number of ether oxygens (including phenoxy) is 1. The highest BCUT2D eigenvalue weighted by molar-refractivity contribution is 6.05. The van der Waals surface area contributed by atoms with Crippen molar-refractivity contribution < 1.29 is 14.3 Å². The molecule has 0 spiro atoms. The van der Waals surface area contributed by atoms with E-state index in [1.807, 2.05) is 30.3 Å². The highest BCUT2D eigenvalue weighted by Crippen LogP contribution is 2.33. The molecular weight excluding hydrogens is 328 g/mol. The minimum absolute atomic E-state index is 0.175. The van der Waals surface area contributed by atoms with Gasteiger partial charge in [-0.15, -0.1) is 0 Å². The van der Waals surface area contributed by atoms with Crippen molar-refractivity contribution in [2.45, 2.75) is 19.4 Å². The summed E-state index contributed by atoms with van der Waals surface area (Å²) in [6.07, 6.45) is 3.57. The molecule has 1 N–H and O–H groups in total. The molecular formula is C21H22N2O3. The fourth-order valence-corrected chi connectivity index (χ4v) is 2.86. The fourth-order valence-electron chi connectivity index (χ4n) is 2.86. The maximum Gasteiger partial charge on any atom is 0.262 e. The predicted octanol–water partition coefficient (Wildman–Crippen LogP) is 2.80. The van der Waals surface area contributed by atoms with Gasteiger partial charge in [0.25, 0.3) is 11.8 Å². The monoisotopic (exact) mass is 350 g/mol. The van der Waals surface area contributed by atoms with Gasteiger partial charge in [-0.25, -0.2) is 0 Å². The van der Waals surface area contributed by atoms with Gasteiger partial charge in [0.2, 0.25) is 0 Å². The molecule has 134 valence electrons. The van der Waals surface area contributed by atoms with E-state index in [1.54, 1.807) is 24.1 Å². The summed E-state index contributed by atoms with van der Waals surface area (Å²) < 4.78 is 5.72. The molecule has 1 aliphatic heterocycles. The summed E-state index contributed by atoms with van der Waals surface area (Å²) in [5.74, 6) is 0.0899. The van der Waals surface area contributed by atoms with Crippen LogP contribution >= 0.6 is 0 Å².